The number of para-hydroxylation sites is 1. The first kappa shape index (κ1) is 24.2. The number of methoxy groups -OCH3 is 1. The lowest BCUT2D eigenvalue weighted by Crippen LogP contribution is -2.41. The summed E-state index contributed by atoms with van der Waals surface area (Å²) in [5.41, 5.74) is 1.62. The molecule has 0 radical (unpaired) electrons. The molecule has 172 valence electrons. The second kappa shape index (κ2) is 10.4. The van der Waals surface area contributed by atoms with Crippen molar-refractivity contribution in [2.24, 2.45) is 0 Å². The Morgan fingerprint density at radius 2 is 1.75 bits per heavy atom. The van der Waals surface area contributed by atoms with E-state index in [9.17, 15) is 13.2 Å². The van der Waals surface area contributed by atoms with E-state index in [4.69, 9.17) is 4.74 Å². The highest BCUT2D eigenvalue weighted by Crippen LogP contribution is 2.34. The molecule has 0 spiro atoms. The van der Waals surface area contributed by atoms with Crippen molar-refractivity contribution in [2.75, 3.05) is 43.9 Å². The molecule has 0 aliphatic heterocycles. The number of carbonyl (C=O) groups excluding carboxylic acids is 1. The van der Waals surface area contributed by atoms with E-state index in [0.29, 0.717) is 29.5 Å². The zero-order chi connectivity index (χ0) is 23.3. The maximum atomic E-state index is 13.3. The minimum Gasteiger partial charge on any atom is -0.494 e. The van der Waals surface area contributed by atoms with Gasteiger partial charge in [-0.3, -0.25) is 9.69 Å². The third-order valence-electron chi connectivity index (χ3n) is 5.35. The summed E-state index contributed by atoms with van der Waals surface area (Å²) in [5.74, 6) is -0.481. The standard InChI is InChI=1S/C23H29N3O4S2/c1-5-25(6-2)14-15-26(23-24-22-19(30-4)8-7-9-20(22)31-23)21(27)16-32(28,29)18-12-10-17(3)11-13-18/h7-13H,5-6,14-16H2,1-4H3. The number of aryl methyl sites for hydroxylation is 1. The molecule has 32 heavy (non-hydrogen) atoms. The van der Waals surface area contributed by atoms with E-state index in [2.05, 4.69) is 23.7 Å². The van der Waals surface area contributed by atoms with Gasteiger partial charge in [0.1, 0.15) is 17.0 Å². The highest BCUT2D eigenvalue weighted by Gasteiger charge is 2.27. The maximum absolute atomic E-state index is 13.3. The van der Waals surface area contributed by atoms with Gasteiger partial charge < -0.3 is 9.64 Å². The predicted octanol–water partition coefficient (Wildman–Crippen LogP) is 3.76. The maximum Gasteiger partial charge on any atom is 0.244 e. The number of amides is 1. The van der Waals surface area contributed by atoms with E-state index in [1.807, 2.05) is 25.1 Å². The fraction of sp³-hybridized carbons (Fsp3) is 0.391. The minimum absolute atomic E-state index is 0.145. The van der Waals surface area contributed by atoms with E-state index in [0.717, 1.165) is 23.4 Å². The number of sulfone groups is 1. The number of hydrogen-bond donors (Lipinski definition) is 0. The molecule has 0 aliphatic rings. The molecule has 0 bridgehead atoms. The quantitative estimate of drug-likeness (QED) is 0.444. The first-order valence-electron chi connectivity index (χ1n) is 10.5. The first-order chi connectivity index (χ1) is 15.3. The van der Waals surface area contributed by atoms with Gasteiger partial charge in [0.2, 0.25) is 5.91 Å². The Labute approximate surface area is 193 Å². The van der Waals surface area contributed by atoms with Crippen molar-refractivity contribution in [1.29, 1.82) is 0 Å². The van der Waals surface area contributed by atoms with E-state index in [1.54, 1.807) is 31.4 Å². The summed E-state index contributed by atoms with van der Waals surface area (Å²) < 4.78 is 32.1. The third-order valence-corrected chi connectivity index (χ3v) is 8.01. The van der Waals surface area contributed by atoms with Crippen LogP contribution in [0.3, 0.4) is 0 Å². The van der Waals surface area contributed by atoms with E-state index < -0.39 is 21.5 Å². The number of aromatic nitrogens is 1. The lowest BCUT2D eigenvalue weighted by Gasteiger charge is -2.24. The number of benzene rings is 2. The van der Waals surface area contributed by atoms with Crippen molar-refractivity contribution in [3.8, 4) is 5.75 Å². The second-order valence-corrected chi connectivity index (χ2v) is 10.4. The zero-order valence-corrected chi connectivity index (χ0v) is 20.5. The molecule has 0 atom stereocenters. The smallest absolute Gasteiger partial charge is 0.244 e. The first-order valence-corrected chi connectivity index (χ1v) is 13.0. The zero-order valence-electron chi connectivity index (χ0n) is 18.9. The van der Waals surface area contributed by atoms with Gasteiger partial charge in [-0.2, -0.15) is 0 Å². The fourth-order valence-electron chi connectivity index (χ4n) is 3.37. The molecule has 2 aromatic carbocycles. The van der Waals surface area contributed by atoms with Gasteiger partial charge in [-0.1, -0.05) is 48.9 Å². The van der Waals surface area contributed by atoms with Gasteiger partial charge in [-0.15, -0.1) is 0 Å². The van der Waals surface area contributed by atoms with Crippen LogP contribution in [0.4, 0.5) is 5.13 Å². The summed E-state index contributed by atoms with van der Waals surface area (Å²) in [6.07, 6.45) is 0. The number of likely N-dealkylation sites (N-methyl/N-ethyl adjacent to an activating group) is 1. The van der Waals surface area contributed by atoms with Crippen molar-refractivity contribution < 1.29 is 17.9 Å². The molecule has 0 fully saturated rings. The molecule has 3 aromatic rings. The summed E-state index contributed by atoms with van der Waals surface area (Å²) in [6, 6.07) is 12.1. The van der Waals surface area contributed by atoms with Crippen LogP contribution >= 0.6 is 11.3 Å². The van der Waals surface area contributed by atoms with Gasteiger partial charge in [0.15, 0.2) is 15.0 Å². The molecule has 0 saturated heterocycles. The van der Waals surface area contributed by atoms with Crippen molar-refractivity contribution in [3.63, 3.8) is 0 Å². The monoisotopic (exact) mass is 475 g/mol. The third kappa shape index (κ3) is 5.46. The molecule has 1 heterocycles. The van der Waals surface area contributed by atoms with Crippen LogP contribution in [-0.4, -0.2) is 63.3 Å². The summed E-state index contributed by atoms with van der Waals surface area (Å²) in [6.45, 7) is 8.65. The van der Waals surface area contributed by atoms with Gasteiger partial charge in [-0.05, 0) is 44.3 Å². The van der Waals surface area contributed by atoms with Crippen LogP contribution < -0.4 is 9.64 Å². The highest BCUT2D eigenvalue weighted by atomic mass is 32.2. The molecule has 0 unspecified atom stereocenters. The molecule has 7 nitrogen and oxygen atoms in total. The minimum atomic E-state index is -3.77. The Morgan fingerprint density at radius 3 is 2.38 bits per heavy atom. The highest BCUT2D eigenvalue weighted by molar-refractivity contribution is 7.92. The number of fused-ring (bicyclic) bond motifs is 1. The Kier molecular flexibility index (Phi) is 7.86. The van der Waals surface area contributed by atoms with E-state index >= 15 is 0 Å². The van der Waals surface area contributed by atoms with Crippen LogP contribution in [0, 0.1) is 6.92 Å². The van der Waals surface area contributed by atoms with Crippen molar-refractivity contribution in [3.05, 3.63) is 48.0 Å². The van der Waals surface area contributed by atoms with Crippen LogP contribution in [0.15, 0.2) is 47.4 Å². The number of carbonyl (C=O) groups is 1. The molecule has 1 aromatic heterocycles. The van der Waals surface area contributed by atoms with Crippen LogP contribution in [-0.2, 0) is 14.6 Å². The SMILES string of the molecule is CCN(CC)CCN(C(=O)CS(=O)(=O)c1ccc(C)cc1)c1nc2c(OC)cccc2s1. The number of rotatable bonds is 10. The summed E-state index contributed by atoms with van der Waals surface area (Å²) in [5, 5.41) is 0.473. The molecule has 3 rings (SSSR count). The van der Waals surface area contributed by atoms with Crippen LogP contribution in [0.2, 0.25) is 0 Å². The van der Waals surface area contributed by atoms with Crippen LogP contribution in [0.25, 0.3) is 10.2 Å². The van der Waals surface area contributed by atoms with Gasteiger partial charge in [0.05, 0.1) is 16.7 Å². The number of thiazole rings is 1. The summed E-state index contributed by atoms with van der Waals surface area (Å²) in [7, 11) is -2.20. The van der Waals surface area contributed by atoms with Crippen LogP contribution in [0.1, 0.15) is 19.4 Å². The lowest BCUT2D eigenvalue weighted by atomic mass is 10.2. The topological polar surface area (TPSA) is 79.8 Å². The number of ether oxygens (including phenoxy) is 1. The average Bonchev–Trinajstić information content (AvgIpc) is 3.20. The van der Waals surface area contributed by atoms with E-state index in [-0.39, 0.29) is 4.90 Å². The van der Waals surface area contributed by atoms with Gasteiger partial charge in [0, 0.05) is 13.1 Å². The summed E-state index contributed by atoms with van der Waals surface area (Å²) in [4.78, 5) is 21.7. The lowest BCUT2D eigenvalue weighted by molar-refractivity contribution is -0.116. The second-order valence-electron chi connectivity index (χ2n) is 7.45. The molecule has 9 heteroatoms. The summed E-state index contributed by atoms with van der Waals surface area (Å²) >= 11 is 1.35. The van der Waals surface area contributed by atoms with Gasteiger partial charge in [-0.25, -0.2) is 13.4 Å². The largest absolute Gasteiger partial charge is 0.494 e. The van der Waals surface area contributed by atoms with E-state index in [1.165, 1.54) is 16.2 Å². The fourth-order valence-corrected chi connectivity index (χ4v) is 5.59. The Morgan fingerprint density at radius 1 is 1.06 bits per heavy atom. The Balaban J connectivity index is 1.93. The molecular formula is C23H29N3O4S2. The number of nitrogens with zero attached hydrogens (tertiary/aromatic N) is 3. The molecule has 1 amide bonds. The molecule has 0 saturated carbocycles. The van der Waals surface area contributed by atoms with Gasteiger partial charge in [0.25, 0.3) is 0 Å². The van der Waals surface area contributed by atoms with Gasteiger partial charge >= 0.3 is 0 Å². The van der Waals surface area contributed by atoms with Crippen molar-refractivity contribution in [2.45, 2.75) is 25.7 Å². The van der Waals surface area contributed by atoms with Crippen molar-refractivity contribution in [1.82, 2.24) is 9.88 Å². The Hall–Kier alpha value is -2.49. The molecule has 0 N–H and O–H groups in total. The normalized spacial score (nSPS) is 11.8. The number of anilines is 1. The molecule has 0 aliphatic carbocycles. The van der Waals surface area contributed by atoms with Crippen molar-refractivity contribution >= 4 is 42.4 Å². The Bertz CT molecular complexity index is 1170. The van der Waals surface area contributed by atoms with Crippen LogP contribution in [0.5, 0.6) is 5.75 Å². The average molecular weight is 476 g/mol. The number of hydrogen-bond acceptors (Lipinski definition) is 7. The molecular weight excluding hydrogens is 446 g/mol. The predicted molar refractivity (Wildman–Crippen MR) is 130 cm³/mol.